The summed E-state index contributed by atoms with van der Waals surface area (Å²) in [7, 11) is 0. The third-order valence-corrected chi connectivity index (χ3v) is 9.58. The molecular weight excluding hydrogens is 538 g/mol. The molecule has 4 heterocycles. The molecule has 2 fully saturated rings. The number of aliphatic carboxylic acids is 1. The van der Waals surface area contributed by atoms with Crippen LogP contribution in [0.5, 0.6) is 0 Å². The summed E-state index contributed by atoms with van der Waals surface area (Å²) in [6, 6.07) is 8.78. The second-order valence-electron chi connectivity index (χ2n) is 12.5. The topological polar surface area (TPSA) is 93.5 Å². The molecule has 0 aliphatic carbocycles. The SMILES string of the molecule is CCC(CC)N1CCC2(CCN(CCCn3ccnc3CN(Cc3cccc(/C=C/C(=O)O)c3)Cc3ncc[nH]3)C2)CC1. The van der Waals surface area contributed by atoms with Gasteiger partial charge in [0.25, 0.3) is 0 Å². The lowest BCUT2D eigenvalue weighted by Crippen LogP contribution is -2.45. The van der Waals surface area contributed by atoms with Crippen LogP contribution in [0.2, 0.25) is 0 Å². The van der Waals surface area contributed by atoms with E-state index in [4.69, 9.17) is 10.1 Å². The molecule has 0 bridgehead atoms. The highest BCUT2D eigenvalue weighted by Gasteiger charge is 2.40. The van der Waals surface area contributed by atoms with Gasteiger partial charge in [0, 0.05) is 56.5 Å². The zero-order valence-electron chi connectivity index (χ0n) is 26.0. The summed E-state index contributed by atoms with van der Waals surface area (Å²) >= 11 is 0. The second-order valence-corrected chi connectivity index (χ2v) is 12.5. The number of hydrogen-bond donors (Lipinski definition) is 2. The van der Waals surface area contributed by atoms with Crippen molar-refractivity contribution < 1.29 is 9.90 Å². The Kier molecular flexibility index (Phi) is 10.8. The number of hydrogen-bond acceptors (Lipinski definition) is 6. The maximum absolute atomic E-state index is 11.0. The number of piperidine rings is 1. The molecule has 0 atom stereocenters. The van der Waals surface area contributed by atoms with Gasteiger partial charge in [0.15, 0.2) is 0 Å². The van der Waals surface area contributed by atoms with Crippen LogP contribution in [-0.4, -0.2) is 84.1 Å². The fraction of sp³-hybridized carbons (Fsp3) is 0.559. The van der Waals surface area contributed by atoms with Crippen molar-refractivity contribution in [2.45, 2.75) is 84.6 Å². The zero-order chi connectivity index (χ0) is 30.1. The number of benzene rings is 1. The number of H-pyrrole nitrogens is 1. The van der Waals surface area contributed by atoms with Crippen LogP contribution >= 0.6 is 0 Å². The van der Waals surface area contributed by atoms with Gasteiger partial charge < -0.3 is 24.5 Å². The van der Waals surface area contributed by atoms with Crippen LogP contribution in [0.4, 0.5) is 0 Å². The molecule has 0 amide bonds. The van der Waals surface area contributed by atoms with Crippen LogP contribution in [0, 0.1) is 5.41 Å². The molecule has 9 nitrogen and oxygen atoms in total. The van der Waals surface area contributed by atoms with E-state index in [0.717, 1.165) is 48.3 Å². The van der Waals surface area contributed by atoms with E-state index < -0.39 is 5.97 Å². The summed E-state index contributed by atoms with van der Waals surface area (Å²) in [5, 5.41) is 9.01. The number of rotatable bonds is 15. The minimum absolute atomic E-state index is 0.537. The number of likely N-dealkylation sites (tertiary alicyclic amines) is 2. The Balaban J connectivity index is 1.15. The molecule has 2 aromatic heterocycles. The molecule has 0 radical (unpaired) electrons. The summed E-state index contributed by atoms with van der Waals surface area (Å²) in [6.07, 6.45) is 18.2. The van der Waals surface area contributed by atoms with E-state index >= 15 is 0 Å². The summed E-state index contributed by atoms with van der Waals surface area (Å²) < 4.78 is 2.31. The average molecular weight is 588 g/mol. The van der Waals surface area contributed by atoms with Gasteiger partial charge in [0.05, 0.1) is 13.1 Å². The van der Waals surface area contributed by atoms with Gasteiger partial charge in [-0.25, -0.2) is 14.8 Å². The fourth-order valence-corrected chi connectivity index (χ4v) is 7.14. The standard InChI is InChI=1S/C34H49N7O2/c1-3-30(4-2)40-20-12-34(13-21-40)11-19-38(27-34)17-6-18-41-22-16-37-32(41)26-39(25-31-35-14-15-36-31)24-29-8-5-7-28(23-29)9-10-33(42)43/h5,7-10,14-16,22-23,30H,3-4,6,11-13,17-21,24-27H2,1-2H3,(H,35,36)(H,42,43)/b10-9+. The number of aryl methyl sites for hydroxylation is 1. The molecule has 0 saturated carbocycles. The summed E-state index contributed by atoms with van der Waals surface area (Å²) in [6.45, 7) is 13.9. The number of aromatic nitrogens is 4. The molecule has 0 unspecified atom stereocenters. The Morgan fingerprint density at radius 2 is 1.88 bits per heavy atom. The van der Waals surface area contributed by atoms with Crippen LogP contribution in [-0.2, 0) is 31.0 Å². The molecular formula is C34H49N7O2. The first-order chi connectivity index (χ1) is 20.9. The predicted molar refractivity (Wildman–Crippen MR) is 170 cm³/mol. The quantitative estimate of drug-likeness (QED) is 0.234. The minimum atomic E-state index is -0.946. The number of carbonyl (C=O) groups is 1. The number of carboxylic acid groups (broad SMARTS) is 1. The molecule has 2 saturated heterocycles. The van der Waals surface area contributed by atoms with Crippen molar-refractivity contribution in [1.82, 2.24) is 34.2 Å². The van der Waals surface area contributed by atoms with Gasteiger partial charge >= 0.3 is 5.97 Å². The van der Waals surface area contributed by atoms with Crippen molar-refractivity contribution in [3.05, 3.63) is 77.9 Å². The van der Waals surface area contributed by atoms with Crippen LogP contribution in [0.25, 0.3) is 6.08 Å². The lowest BCUT2D eigenvalue weighted by molar-refractivity contribution is -0.131. The molecule has 1 spiro atoms. The Bertz CT molecular complexity index is 1310. The van der Waals surface area contributed by atoms with Crippen LogP contribution in [0.1, 0.15) is 75.1 Å². The Morgan fingerprint density at radius 3 is 2.63 bits per heavy atom. The van der Waals surface area contributed by atoms with Gasteiger partial charge in [-0.3, -0.25) is 4.90 Å². The molecule has 232 valence electrons. The van der Waals surface area contributed by atoms with Crippen molar-refractivity contribution in [1.29, 1.82) is 0 Å². The van der Waals surface area contributed by atoms with E-state index in [-0.39, 0.29) is 0 Å². The van der Waals surface area contributed by atoms with Gasteiger partial charge in [0.2, 0.25) is 0 Å². The van der Waals surface area contributed by atoms with Crippen molar-refractivity contribution in [3.63, 3.8) is 0 Å². The largest absolute Gasteiger partial charge is 0.478 e. The van der Waals surface area contributed by atoms with E-state index in [1.54, 1.807) is 12.3 Å². The maximum Gasteiger partial charge on any atom is 0.328 e. The van der Waals surface area contributed by atoms with Crippen molar-refractivity contribution >= 4 is 12.0 Å². The Morgan fingerprint density at radius 1 is 1.07 bits per heavy atom. The van der Waals surface area contributed by atoms with Crippen LogP contribution in [0.15, 0.2) is 55.1 Å². The first kappa shape index (κ1) is 31.2. The minimum Gasteiger partial charge on any atom is -0.478 e. The van der Waals surface area contributed by atoms with Crippen molar-refractivity contribution in [2.75, 3.05) is 32.7 Å². The highest BCUT2D eigenvalue weighted by molar-refractivity contribution is 5.85. The van der Waals surface area contributed by atoms with Gasteiger partial charge in [-0.2, -0.15) is 0 Å². The van der Waals surface area contributed by atoms with Crippen molar-refractivity contribution in [3.8, 4) is 0 Å². The molecule has 5 rings (SSSR count). The molecule has 2 aliphatic rings. The lowest BCUT2D eigenvalue weighted by Gasteiger charge is -2.42. The van der Waals surface area contributed by atoms with Gasteiger partial charge in [-0.15, -0.1) is 0 Å². The second kappa shape index (κ2) is 14.9. The number of nitrogens with one attached hydrogen (secondary N) is 1. The van der Waals surface area contributed by atoms with Gasteiger partial charge in [0.1, 0.15) is 11.6 Å². The molecule has 2 aliphatic heterocycles. The highest BCUT2D eigenvalue weighted by Crippen LogP contribution is 2.41. The number of nitrogens with zero attached hydrogens (tertiary/aromatic N) is 6. The third-order valence-electron chi connectivity index (χ3n) is 9.58. The molecule has 43 heavy (non-hydrogen) atoms. The van der Waals surface area contributed by atoms with E-state index in [2.05, 4.69) is 55.3 Å². The monoisotopic (exact) mass is 587 g/mol. The normalized spacial score (nSPS) is 17.7. The van der Waals surface area contributed by atoms with E-state index in [1.807, 2.05) is 30.6 Å². The molecule has 2 N–H and O–H groups in total. The number of imidazole rings is 2. The zero-order valence-corrected chi connectivity index (χ0v) is 26.0. The first-order valence-electron chi connectivity index (χ1n) is 16.1. The van der Waals surface area contributed by atoms with Gasteiger partial charge in [-0.1, -0.05) is 38.1 Å². The summed E-state index contributed by atoms with van der Waals surface area (Å²) in [4.78, 5) is 31.2. The smallest absolute Gasteiger partial charge is 0.328 e. The molecule has 1 aromatic carbocycles. The van der Waals surface area contributed by atoms with E-state index in [1.165, 1.54) is 64.4 Å². The number of carboxylic acids is 1. The third kappa shape index (κ3) is 8.65. The predicted octanol–water partition coefficient (Wildman–Crippen LogP) is 5.27. The fourth-order valence-electron chi connectivity index (χ4n) is 7.14. The van der Waals surface area contributed by atoms with Gasteiger partial charge in [-0.05, 0) is 87.3 Å². The summed E-state index contributed by atoms with van der Waals surface area (Å²) in [5.41, 5.74) is 2.53. The Hall–Kier alpha value is -3.27. The maximum atomic E-state index is 11.0. The summed E-state index contributed by atoms with van der Waals surface area (Å²) in [5.74, 6) is 1.02. The highest BCUT2D eigenvalue weighted by atomic mass is 16.4. The van der Waals surface area contributed by atoms with Crippen molar-refractivity contribution in [2.24, 2.45) is 5.41 Å². The van der Waals surface area contributed by atoms with Crippen LogP contribution < -0.4 is 0 Å². The van der Waals surface area contributed by atoms with Crippen LogP contribution in [0.3, 0.4) is 0 Å². The van der Waals surface area contributed by atoms with E-state index in [0.29, 0.717) is 25.0 Å². The first-order valence-corrected chi connectivity index (χ1v) is 16.1. The lowest BCUT2D eigenvalue weighted by atomic mass is 9.77. The molecule has 3 aromatic rings. The Labute approximate surface area is 256 Å². The van der Waals surface area contributed by atoms with E-state index in [9.17, 15) is 4.79 Å². The molecule has 9 heteroatoms. The average Bonchev–Trinajstić information content (AvgIpc) is 3.77. The number of aromatic amines is 1.